The third-order valence-electron chi connectivity index (χ3n) is 5.12. The van der Waals surface area contributed by atoms with Crippen molar-refractivity contribution in [2.75, 3.05) is 0 Å². The molecule has 4 nitrogen and oxygen atoms in total. The Bertz CT molecular complexity index is 1220. The van der Waals surface area contributed by atoms with Crippen LogP contribution in [0.3, 0.4) is 0 Å². The minimum absolute atomic E-state index is 0.318. The molecular formula is C19H9Cl2F9N4. The summed E-state index contributed by atoms with van der Waals surface area (Å²) < 4.78 is 122. The molecule has 1 aromatic carbocycles. The predicted molar refractivity (Wildman–Crippen MR) is 101 cm³/mol. The molecule has 0 fully saturated rings. The van der Waals surface area contributed by atoms with Gasteiger partial charge in [-0.3, -0.25) is 5.10 Å². The van der Waals surface area contributed by atoms with Crippen molar-refractivity contribution >= 4 is 23.2 Å². The molecule has 0 spiro atoms. The number of alkyl halides is 9. The molecule has 1 aliphatic carbocycles. The fourth-order valence-corrected chi connectivity index (χ4v) is 4.60. The summed E-state index contributed by atoms with van der Waals surface area (Å²) in [4.78, 5) is 0. The SMILES string of the molecule is N#CC1=C(C(F)(F)F)CC(c2cn[nH]c2C(F)(F)F)(c2c(Cl)cc(C(F)(F)F)cc2Cl)C=C1N. The van der Waals surface area contributed by atoms with E-state index < -0.39 is 79.6 Å². The van der Waals surface area contributed by atoms with Gasteiger partial charge < -0.3 is 5.73 Å². The number of aromatic nitrogens is 2. The Hall–Kier alpha value is -2.85. The van der Waals surface area contributed by atoms with Crippen molar-refractivity contribution in [2.45, 2.75) is 30.4 Å². The Balaban J connectivity index is 2.47. The Morgan fingerprint density at radius 2 is 1.53 bits per heavy atom. The van der Waals surface area contributed by atoms with Gasteiger partial charge in [-0.2, -0.15) is 49.9 Å². The molecule has 3 rings (SSSR count). The maximum atomic E-state index is 13.9. The summed E-state index contributed by atoms with van der Waals surface area (Å²) in [6, 6.07) is 1.89. The first-order chi connectivity index (χ1) is 15.4. The molecule has 0 amide bonds. The number of benzene rings is 1. The van der Waals surface area contributed by atoms with E-state index in [1.807, 2.05) is 0 Å². The number of allylic oxidation sites excluding steroid dienone is 3. The molecule has 1 heterocycles. The number of nitriles is 1. The lowest BCUT2D eigenvalue weighted by Gasteiger charge is -2.38. The maximum absolute atomic E-state index is 13.9. The van der Waals surface area contributed by atoms with Crippen LogP contribution in [0.5, 0.6) is 0 Å². The number of hydrogen-bond acceptors (Lipinski definition) is 3. The number of H-pyrrole nitrogens is 1. The standard InChI is InChI=1S/C19H9Cl2F9N4/c20-11-1-7(17(22,23)24)2-12(21)14(11)16(10-6-33-34-15(10)19(28,29)30)3-9(18(25,26)27)8(5-31)13(32)4-16/h1-2,4,6H,3,32H2,(H,33,34). The van der Waals surface area contributed by atoms with Crippen molar-refractivity contribution in [3.63, 3.8) is 0 Å². The van der Waals surface area contributed by atoms with Crippen molar-refractivity contribution in [1.82, 2.24) is 10.2 Å². The summed E-state index contributed by atoms with van der Waals surface area (Å²) in [6.45, 7) is 0. The van der Waals surface area contributed by atoms with E-state index in [1.54, 1.807) is 5.10 Å². The van der Waals surface area contributed by atoms with Gasteiger partial charge in [-0.1, -0.05) is 23.2 Å². The van der Waals surface area contributed by atoms with E-state index in [9.17, 15) is 44.8 Å². The fourth-order valence-electron chi connectivity index (χ4n) is 3.78. The van der Waals surface area contributed by atoms with Crippen LogP contribution >= 0.6 is 23.2 Å². The molecule has 15 heteroatoms. The van der Waals surface area contributed by atoms with Crippen molar-refractivity contribution < 1.29 is 39.5 Å². The Morgan fingerprint density at radius 3 is 1.97 bits per heavy atom. The molecule has 0 bridgehead atoms. The summed E-state index contributed by atoms with van der Waals surface area (Å²) in [5.41, 5.74) is -5.12. The second-order valence-corrected chi connectivity index (χ2v) is 7.99. The number of rotatable bonds is 2. The molecule has 1 atom stereocenters. The summed E-state index contributed by atoms with van der Waals surface area (Å²) in [6.07, 6.45) is -15.6. The lowest BCUT2D eigenvalue weighted by atomic mass is 9.66. The second-order valence-electron chi connectivity index (χ2n) is 7.18. The minimum Gasteiger partial charge on any atom is -0.398 e. The van der Waals surface area contributed by atoms with Crippen LogP contribution in [0, 0.1) is 11.3 Å². The highest BCUT2D eigenvalue weighted by Crippen LogP contribution is 2.54. The van der Waals surface area contributed by atoms with Crippen LogP contribution < -0.4 is 5.73 Å². The Kier molecular flexibility index (Phi) is 6.16. The molecule has 1 aliphatic rings. The summed E-state index contributed by atoms with van der Waals surface area (Å²) in [5.74, 6) is 0. The first-order valence-electron chi connectivity index (χ1n) is 8.80. The molecule has 0 aliphatic heterocycles. The highest BCUT2D eigenvalue weighted by atomic mass is 35.5. The highest BCUT2D eigenvalue weighted by Gasteiger charge is 2.52. The minimum atomic E-state index is -5.25. The molecule has 0 saturated heterocycles. The van der Waals surface area contributed by atoms with Crippen LogP contribution in [0.1, 0.15) is 28.8 Å². The van der Waals surface area contributed by atoms with Crippen molar-refractivity contribution in [3.8, 4) is 6.07 Å². The first kappa shape index (κ1) is 25.8. The zero-order chi connectivity index (χ0) is 25.9. The van der Waals surface area contributed by atoms with Crippen LogP contribution in [0.15, 0.2) is 41.2 Å². The van der Waals surface area contributed by atoms with Gasteiger partial charge in [0.25, 0.3) is 0 Å². The average Bonchev–Trinajstić information content (AvgIpc) is 3.16. The van der Waals surface area contributed by atoms with E-state index in [2.05, 4.69) is 5.10 Å². The molecule has 0 saturated carbocycles. The average molecular weight is 535 g/mol. The zero-order valence-electron chi connectivity index (χ0n) is 16.1. The van der Waals surface area contributed by atoms with Crippen molar-refractivity contribution in [3.05, 3.63) is 73.7 Å². The van der Waals surface area contributed by atoms with Crippen LogP contribution in [-0.4, -0.2) is 16.4 Å². The van der Waals surface area contributed by atoms with Crippen LogP contribution in [0.4, 0.5) is 39.5 Å². The number of nitrogens with zero attached hydrogens (tertiary/aromatic N) is 2. The maximum Gasteiger partial charge on any atom is 0.433 e. The van der Waals surface area contributed by atoms with E-state index in [1.165, 1.54) is 6.07 Å². The van der Waals surface area contributed by atoms with Gasteiger partial charge in [0.05, 0.1) is 28.3 Å². The smallest absolute Gasteiger partial charge is 0.398 e. The van der Waals surface area contributed by atoms with Gasteiger partial charge in [-0.05, 0) is 24.6 Å². The number of aromatic amines is 1. The first-order valence-corrected chi connectivity index (χ1v) is 9.56. The quantitative estimate of drug-likeness (QED) is 0.422. The summed E-state index contributed by atoms with van der Waals surface area (Å²) >= 11 is 12.0. The molecule has 34 heavy (non-hydrogen) atoms. The summed E-state index contributed by atoms with van der Waals surface area (Å²) in [5, 5.41) is 12.3. The van der Waals surface area contributed by atoms with Gasteiger partial charge in [0.15, 0.2) is 0 Å². The van der Waals surface area contributed by atoms with Crippen LogP contribution in [-0.2, 0) is 17.8 Å². The lowest BCUT2D eigenvalue weighted by molar-refractivity contribution is -0.142. The highest BCUT2D eigenvalue weighted by molar-refractivity contribution is 6.36. The fraction of sp³-hybridized carbons (Fsp3) is 0.263. The summed E-state index contributed by atoms with van der Waals surface area (Å²) in [7, 11) is 0. The van der Waals surface area contributed by atoms with Gasteiger partial charge in [0.1, 0.15) is 11.8 Å². The molecule has 3 N–H and O–H groups in total. The molecule has 0 radical (unpaired) electrons. The number of nitrogens with one attached hydrogen (secondary N) is 1. The van der Waals surface area contributed by atoms with Crippen molar-refractivity contribution in [2.24, 2.45) is 5.73 Å². The topological polar surface area (TPSA) is 78.5 Å². The van der Waals surface area contributed by atoms with Gasteiger partial charge in [-0.25, -0.2) is 0 Å². The third kappa shape index (κ3) is 4.32. The molecule has 1 aromatic heterocycles. The monoisotopic (exact) mass is 534 g/mol. The lowest BCUT2D eigenvalue weighted by Crippen LogP contribution is -2.37. The van der Waals surface area contributed by atoms with Gasteiger partial charge >= 0.3 is 18.5 Å². The number of hydrogen-bond donors (Lipinski definition) is 2. The number of nitrogens with two attached hydrogens (primary N) is 1. The van der Waals surface area contributed by atoms with Crippen LogP contribution in [0.25, 0.3) is 0 Å². The zero-order valence-corrected chi connectivity index (χ0v) is 17.7. The van der Waals surface area contributed by atoms with E-state index in [0.717, 1.165) is 0 Å². The third-order valence-corrected chi connectivity index (χ3v) is 5.72. The van der Waals surface area contributed by atoms with E-state index in [-0.39, 0.29) is 0 Å². The second kappa shape index (κ2) is 8.13. The van der Waals surface area contributed by atoms with Gasteiger partial charge in [0, 0.05) is 26.9 Å². The Labute approximate surface area is 194 Å². The molecule has 2 aromatic rings. The Morgan fingerprint density at radius 1 is 0.971 bits per heavy atom. The van der Waals surface area contributed by atoms with Gasteiger partial charge in [0.2, 0.25) is 0 Å². The molecule has 182 valence electrons. The van der Waals surface area contributed by atoms with E-state index >= 15 is 0 Å². The van der Waals surface area contributed by atoms with E-state index in [4.69, 9.17) is 28.9 Å². The normalized spacial score (nSPS) is 19.8. The largest absolute Gasteiger partial charge is 0.433 e. The van der Waals surface area contributed by atoms with Crippen molar-refractivity contribution in [1.29, 1.82) is 5.26 Å². The molecule has 1 unspecified atom stereocenters. The van der Waals surface area contributed by atoms with E-state index in [0.29, 0.717) is 24.4 Å². The predicted octanol–water partition coefficient (Wildman–Crippen LogP) is 6.67. The molecular weight excluding hydrogens is 526 g/mol. The van der Waals surface area contributed by atoms with Gasteiger partial charge in [-0.15, -0.1) is 0 Å². The number of halogens is 11. The van der Waals surface area contributed by atoms with Crippen LogP contribution in [0.2, 0.25) is 10.0 Å².